The topological polar surface area (TPSA) is 62.2 Å². The molecule has 1 amide bonds. The molecule has 1 aromatic heterocycles. The Labute approximate surface area is 119 Å². The number of carbonyl (C=O) groups is 1. The van der Waals surface area contributed by atoms with Gasteiger partial charge in [-0.05, 0) is 26.2 Å². The molecule has 4 nitrogen and oxygen atoms in total. The number of amides is 1. The monoisotopic (exact) mass is 284 g/mol. The minimum atomic E-state index is -0.598. The minimum absolute atomic E-state index is 0.0840. The molecule has 5 heteroatoms. The molecule has 0 spiro atoms. The second-order valence-corrected chi connectivity index (χ2v) is 6.40. The molecule has 0 aliphatic heterocycles. The number of rotatable bonds is 6. The first-order chi connectivity index (χ1) is 8.78. The van der Waals surface area contributed by atoms with Crippen LogP contribution in [0.4, 0.5) is 0 Å². The van der Waals surface area contributed by atoms with Gasteiger partial charge >= 0.3 is 0 Å². The molecular formula is C14H24N2O2S. The summed E-state index contributed by atoms with van der Waals surface area (Å²) in [5.41, 5.74) is 0.517. The van der Waals surface area contributed by atoms with Crippen LogP contribution in [0.5, 0.6) is 0 Å². The number of hydrogen-bond donors (Lipinski definition) is 2. The number of carbonyl (C=O) groups excluding carboxylic acids is 1. The Bertz CT molecular complexity index is 431. The third-order valence-electron chi connectivity index (χ3n) is 3.38. The standard InChI is InChI=1S/C14H24N2O2S/c1-6-14(5,13-15-10(4)8-19-13)16-12(18)7-11(17)9(2)3/h8-9,11,17H,6-7H2,1-5H3,(H,16,18). The van der Waals surface area contributed by atoms with Crippen LogP contribution in [0.3, 0.4) is 0 Å². The van der Waals surface area contributed by atoms with Gasteiger partial charge in [-0.1, -0.05) is 20.8 Å². The van der Waals surface area contributed by atoms with E-state index in [1.165, 1.54) is 0 Å². The van der Waals surface area contributed by atoms with Crippen molar-refractivity contribution in [2.24, 2.45) is 5.92 Å². The normalized spacial score (nSPS) is 16.2. The molecule has 0 saturated carbocycles. The van der Waals surface area contributed by atoms with Crippen molar-refractivity contribution in [3.05, 3.63) is 16.1 Å². The smallest absolute Gasteiger partial charge is 0.223 e. The second kappa shape index (κ2) is 6.48. The van der Waals surface area contributed by atoms with E-state index in [1.54, 1.807) is 11.3 Å². The lowest BCUT2D eigenvalue weighted by atomic mass is 9.98. The van der Waals surface area contributed by atoms with Crippen molar-refractivity contribution in [3.8, 4) is 0 Å². The predicted octanol–water partition coefficient (Wildman–Crippen LogP) is 2.60. The van der Waals surface area contributed by atoms with E-state index in [-0.39, 0.29) is 18.2 Å². The van der Waals surface area contributed by atoms with Crippen molar-refractivity contribution in [3.63, 3.8) is 0 Å². The van der Waals surface area contributed by atoms with E-state index >= 15 is 0 Å². The zero-order chi connectivity index (χ0) is 14.6. The van der Waals surface area contributed by atoms with Gasteiger partial charge in [-0.25, -0.2) is 4.98 Å². The maximum Gasteiger partial charge on any atom is 0.223 e. The average molecular weight is 284 g/mol. The fourth-order valence-electron chi connectivity index (χ4n) is 1.68. The highest BCUT2D eigenvalue weighted by Crippen LogP contribution is 2.27. The Morgan fingerprint density at radius 1 is 1.58 bits per heavy atom. The van der Waals surface area contributed by atoms with Crippen LogP contribution in [-0.2, 0) is 10.3 Å². The summed E-state index contributed by atoms with van der Waals surface area (Å²) in [4.78, 5) is 16.5. The Balaban J connectivity index is 2.73. The van der Waals surface area contributed by atoms with E-state index in [1.807, 2.05) is 40.0 Å². The fraction of sp³-hybridized carbons (Fsp3) is 0.714. The van der Waals surface area contributed by atoms with Gasteiger partial charge in [0.25, 0.3) is 0 Å². The highest BCUT2D eigenvalue weighted by molar-refractivity contribution is 7.09. The third-order valence-corrected chi connectivity index (χ3v) is 4.60. The Kier molecular flexibility index (Phi) is 5.50. The first-order valence-corrected chi connectivity index (χ1v) is 7.58. The van der Waals surface area contributed by atoms with Crippen molar-refractivity contribution in [2.75, 3.05) is 0 Å². The molecule has 0 aliphatic carbocycles. The van der Waals surface area contributed by atoms with Gasteiger partial charge in [0.2, 0.25) is 5.91 Å². The number of nitrogens with zero attached hydrogens (tertiary/aromatic N) is 1. The van der Waals surface area contributed by atoms with E-state index in [9.17, 15) is 9.90 Å². The van der Waals surface area contributed by atoms with Crippen molar-refractivity contribution in [1.82, 2.24) is 10.3 Å². The first-order valence-electron chi connectivity index (χ1n) is 6.70. The van der Waals surface area contributed by atoms with Crippen LogP contribution in [0, 0.1) is 12.8 Å². The first kappa shape index (κ1) is 16.1. The number of aromatic nitrogens is 1. The van der Waals surface area contributed by atoms with Crippen molar-refractivity contribution in [1.29, 1.82) is 0 Å². The lowest BCUT2D eigenvalue weighted by molar-refractivity contribution is -0.125. The summed E-state index contributed by atoms with van der Waals surface area (Å²) in [6.07, 6.45) is 0.306. The van der Waals surface area contributed by atoms with Crippen LogP contribution in [0.2, 0.25) is 0 Å². The summed E-state index contributed by atoms with van der Waals surface area (Å²) in [7, 11) is 0. The number of aliphatic hydroxyl groups excluding tert-OH is 1. The highest BCUT2D eigenvalue weighted by Gasteiger charge is 2.30. The summed E-state index contributed by atoms with van der Waals surface area (Å²) >= 11 is 1.56. The quantitative estimate of drug-likeness (QED) is 0.844. The van der Waals surface area contributed by atoms with Crippen LogP contribution >= 0.6 is 11.3 Å². The van der Waals surface area contributed by atoms with E-state index in [0.717, 1.165) is 17.1 Å². The van der Waals surface area contributed by atoms with Crippen molar-refractivity contribution >= 4 is 17.2 Å². The molecule has 2 N–H and O–H groups in total. The molecule has 0 bridgehead atoms. The van der Waals surface area contributed by atoms with Gasteiger partial charge in [0.05, 0.1) is 18.1 Å². The molecule has 1 rings (SSSR count). The Morgan fingerprint density at radius 3 is 2.63 bits per heavy atom. The number of aliphatic hydroxyl groups is 1. The molecule has 0 aliphatic rings. The number of aryl methyl sites for hydroxylation is 1. The fourth-order valence-corrected chi connectivity index (χ4v) is 2.67. The lowest BCUT2D eigenvalue weighted by Crippen LogP contribution is -2.44. The summed E-state index contributed by atoms with van der Waals surface area (Å²) < 4.78 is 0. The van der Waals surface area contributed by atoms with Crippen LogP contribution in [0.1, 0.15) is 51.2 Å². The number of thiazole rings is 1. The van der Waals surface area contributed by atoms with Gasteiger partial charge in [0, 0.05) is 11.1 Å². The van der Waals surface area contributed by atoms with Gasteiger partial charge in [-0.2, -0.15) is 0 Å². The lowest BCUT2D eigenvalue weighted by Gasteiger charge is -2.28. The van der Waals surface area contributed by atoms with E-state index < -0.39 is 11.6 Å². The maximum absolute atomic E-state index is 12.0. The number of nitrogens with one attached hydrogen (secondary N) is 1. The summed E-state index contributed by atoms with van der Waals surface area (Å²) in [6.45, 7) is 9.75. The second-order valence-electron chi connectivity index (χ2n) is 5.54. The summed E-state index contributed by atoms with van der Waals surface area (Å²) in [5.74, 6) is -0.0425. The van der Waals surface area contributed by atoms with E-state index in [2.05, 4.69) is 10.3 Å². The zero-order valence-electron chi connectivity index (χ0n) is 12.4. The van der Waals surface area contributed by atoms with Gasteiger partial charge in [-0.15, -0.1) is 11.3 Å². The molecule has 0 fully saturated rings. The van der Waals surface area contributed by atoms with Crippen LogP contribution in [-0.4, -0.2) is 22.1 Å². The van der Waals surface area contributed by atoms with Gasteiger partial charge in [0.1, 0.15) is 5.01 Å². The van der Waals surface area contributed by atoms with Gasteiger partial charge in [0.15, 0.2) is 0 Å². The molecule has 1 aromatic rings. The van der Waals surface area contributed by atoms with Crippen LogP contribution in [0.25, 0.3) is 0 Å². The SMILES string of the molecule is CCC(C)(NC(=O)CC(O)C(C)C)c1nc(C)cs1. The molecule has 0 radical (unpaired) electrons. The van der Waals surface area contributed by atoms with E-state index in [0.29, 0.717) is 0 Å². The molecule has 2 atom stereocenters. The zero-order valence-corrected chi connectivity index (χ0v) is 13.2. The van der Waals surface area contributed by atoms with Crippen LogP contribution in [0.15, 0.2) is 5.38 Å². The molecule has 2 unspecified atom stereocenters. The maximum atomic E-state index is 12.0. The van der Waals surface area contributed by atoms with Gasteiger partial charge < -0.3 is 10.4 Å². The molecule has 0 aromatic carbocycles. The van der Waals surface area contributed by atoms with Crippen LogP contribution < -0.4 is 5.32 Å². The number of hydrogen-bond acceptors (Lipinski definition) is 4. The Hall–Kier alpha value is -0.940. The molecule has 1 heterocycles. The third kappa shape index (κ3) is 4.28. The average Bonchev–Trinajstić information content (AvgIpc) is 2.75. The summed E-state index contributed by atoms with van der Waals surface area (Å²) in [6, 6.07) is 0. The minimum Gasteiger partial charge on any atom is -0.392 e. The largest absolute Gasteiger partial charge is 0.392 e. The molecule has 0 saturated heterocycles. The molecule has 108 valence electrons. The predicted molar refractivity (Wildman–Crippen MR) is 78.1 cm³/mol. The van der Waals surface area contributed by atoms with Crippen molar-refractivity contribution in [2.45, 2.75) is 59.1 Å². The van der Waals surface area contributed by atoms with Crippen molar-refractivity contribution < 1.29 is 9.90 Å². The molecular weight excluding hydrogens is 260 g/mol. The van der Waals surface area contributed by atoms with E-state index in [4.69, 9.17) is 0 Å². The van der Waals surface area contributed by atoms with Gasteiger partial charge in [-0.3, -0.25) is 4.79 Å². The highest BCUT2D eigenvalue weighted by atomic mass is 32.1. The summed E-state index contributed by atoms with van der Waals surface area (Å²) in [5, 5.41) is 15.7. The Morgan fingerprint density at radius 2 is 2.21 bits per heavy atom. The molecule has 19 heavy (non-hydrogen) atoms.